The molecule has 12 heavy (non-hydrogen) atoms. The van der Waals surface area contributed by atoms with Gasteiger partial charge in [-0.15, -0.1) is 0 Å². The summed E-state index contributed by atoms with van der Waals surface area (Å²) in [6.07, 6.45) is 0. The van der Waals surface area contributed by atoms with E-state index in [2.05, 4.69) is 0 Å². The van der Waals surface area contributed by atoms with E-state index in [1.807, 2.05) is 27.7 Å². The van der Waals surface area contributed by atoms with E-state index in [-0.39, 0.29) is 43.1 Å². The van der Waals surface area contributed by atoms with Crippen molar-refractivity contribution < 1.29 is 26.4 Å². The normalized spacial score (nSPS) is 22.3. The van der Waals surface area contributed by atoms with Gasteiger partial charge in [-0.2, -0.15) is 0 Å². The molecule has 2 radical (unpaired) electrons. The van der Waals surface area contributed by atoms with Crippen LogP contribution in [0.3, 0.4) is 0 Å². The molecule has 0 amide bonds. The summed E-state index contributed by atoms with van der Waals surface area (Å²) in [4.78, 5) is 0. The van der Waals surface area contributed by atoms with Crippen LogP contribution in [-0.4, -0.2) is 18.9 Å². The van der Waals surface area contributed by atoms with Crippen LogP contribution in [0.4, 0.5) is 0 Å². The molecule has 1 aliphatic rings. The molecule has 1 aliphatic heterocycles. The molecular weight excluding hydrogens is 202 g/mol. The van der Waals surface area contributed by atoms with Crippen LogP contribution in [0.1, 0.15) is 27.7 Å². The van der Waals surface area contributed by atoms with Gasteiger partial charge in [0.15, 0.2) is 0 Å². The summed E-state index contributed by atoms with van der Waals surface area (Å²) in [5.41, 5.74) is -0.375. The maximum absolute atomic E-state index is 5.21. The third kappa shape index (κ3) is 3.10. The average Bonchev–Trinajstić information content (AvgIpc) is 1.81. The molecular formula is C8H18BCuO2. The molecule has 0 spiro atoms. The first-order valence-electron chi connectivity index (χ1n) is 3.13. The second-order valence-electron chi connectivity index (χ2n) is 3.35. The molecule has 76 valence electrons. The Hall–Kier alpha value is 0.504. The van der Waals surface area contributed by atoms with Gasteiger partial charge in [-0.25, -0.2) is 0 Å². The van der Waals surface area contributed by atoms with E-state index in [1.54, 1.807) is 0 Å². The van der Waals surface area contributed by atoms with Crippen LogP contribution in [0.2, 0.25) is 0 Å². The van der Waals surface area contributed by atoms with Gasteiger partial charge >= 0.3 is 24.8 Å². The molecule has 1 heterocycles. The predicted octanol–water partition coefficient (Wildman–Crippen LogP) is 2.02. The van der Waals surface area contributed by atoms with Gasteiger partial charge in [-0.1, -0.05) is 0 Å². The van der Waals surface area contributed by atoms with Crippen LogP contribution in [-0.2, 0) is 26.4 Å². The number of hydrogen-bond donors (Lipinski definition) is 0. The SMILES string of the molecule is CC1(C)O[B]OC1(C)C.[CH3-].[CH3-].[Cu+2]. The Morgan fingerprint density at radius 2 is 1.08 bits per heavy atom. The summed E-state index contributed by atoms with van der Waals surface area (Å²) in [6.45, 7) is 8.04. The van der Waals surface area contributed by atoms with Gasteiger partial charge in [0, 0.05) is 0 Å². The first-order valence-corrected chi connectivity index (χ1v) is 3.13. The quantitative estimate of drug-likeness (QED) is 0.459. The molecule has 1 fully saturated rings. The molecule has 0 atom stereocenters. The van der Waals surface area contributed by atoms with Crippen molar-refractivity contribution in [3.8, 4) is 0 Å². The fourth-order valence-corrected chi connectivity index (χ4v) is 0.548. The summed E-state index contributed by atoms with van der Waals surface area (Å²) >= 11 is 0. The third-order valence-electron chi connectivity index (χ3n) is 2.14. The van der Waals surface area contributed by atoms with Crippen molar-refractivity contribution in [3.05, 3.63) is 14.9 Å². The van der Waals surface area contributed by atoms with Crippen molar-refractivity contribution in [2.45, 2.75) is 38.9 Å². The summed E-state index contributed by atoms with van der Waals surface area (Å²) in [7, 11) is 1.42. The van der Waals surface area contributed by atoms with E-state index in [4.69, 9.17) is 9.31 Å². The molecule has 4 heteroatoms. The summed E-state index contributed by atoms with van der Waals surface area (Å²) in [6, 6.07) is 0. The molecule has 2 nitrogen and oxygen atoms in total. The van der Waals surface area contributed by atoms with Crippen LogP contribution < -0.4 is 0 Å². The number of rotatable bonds is 0. The molecule has 0 unspecified atom stereocenters. The molecule has 0 aromatic heterocycles. The van der Waals surface area contributed by atoms with Gasteiger partial charge in [0.05, 0.1) is 11.2 Å². The van der Waals surface area contributed by atoms with Crippen LogP contribution in [0.25, 0.3) is 0 Å². The molecule has 0 aromatic rings. The average molecular weight is 221 g/mol. The van der Waals surface area contributed by atoms with Crippen molar-refractivity contribution in [2.24, 2.45) is 0 Å². The minimum atomic E-state index is -0.188. The zero-order valence-corrected chi connectivity index (χ0v) is 9.64. The molecule has 1 saturated heterocycles. The Morgan fingerprint density at radius 3 is 1.17 bits per heavy atom. The standard InChI is InChI=1S/C6H12BO2.2CH3.Cu/c1-5(2)6(3,4)9-7-8-5;;;/h1-4H3;2*1H3;/q;2*-1;+2. The largest absolute Gasteiger partial charge is 2.00 e. The zero-order valence-electron chi connectivity index (χ0n) is 8.70. The number of hydrogen-bond acceptors (Lipinski definition) is 2. The minimum Gasteiger partial charge on any atom is -0.405 e. The zero-order chi connectivity index (χ0) is 7.12. The van der Waals surface area contributed by atoms with Crippen molar-refractivity contribution in [3.63, 3.8) is 0 Å². The second kappa shape index (κ2) is 5.28. The fourth-order valence-electron chi connectivity index (χ4n) is 0.548. The maximum Gasteiger partial charge on any atom is 2.00 e. The monoisotopic (exact) mass is 220 g/mol. The maximum atomic E-state index is 5.21. The van der Waals surface area contributed by atoms with E-state index in [9.17, 15) is 0 Å². The molecule has 0 saturated carbocycles. The summed E-state index contributed by atoms with van der Waals surface area (Å²) in [5, 5.41) is 0. The van der Waals surface area contributed by atoms with Crippen molar-refractivity contribution in [1.82, 2.24) is 0 Å². The van der Waals surface area contributed by atoms with E-state index in [1.165, 1.54) is 7.69 Å². The molecule has 1 rings (SSSR count). The van der Waals surface area contributed by atoms with E-state index < -0.39 is 0 Å². The first-order chi connectivity index (χ1) is 3.96. The smallest absolute Gasteiger partial charge is 0.405 e. The summed E-state index contributed by atoms with van der Waals surface area (Å²) < 4.78 is 10.4. The Kier molecular flexibility index (Phi) is 8.06. The van der Waals surface area contributed by atoms with Crippen LogP contribution >= 0.6 is 0 Å². The van der Waals surface area contributed by atoms with Gasteiger partial charge in [0.25, 0.3) is 0 Å². The fraction of sp³-hybridized carbons (Fsp3) is 0.750. The van der Waals surface area contributed by atoms with Crippen molar-refractivity contribution in [2.75, 3.05) is 0 Å². The predicted molar refractivity (Wildman–Crippen MR) is 48.9 cm³/mol. The van der Waals surface area contributed by atoms with Gasteiger partial charge in [0.2, 0.25) is 0 Å². The van der Waals surface area contributed by atoms with Crippen LogP contribution in [0.15, 0.2) is 0 Å². The van der Waals surface area contributed by atoms with E-state index >= 15 is 0 Å². The molecule has 0 aliphatic carbocycles. The van der Waals surface area contributed by atoms with Crippen molar-refractivity contribution >= 4 is 7.69 Å². The van der Waals surface area contributed by atoms with Gasteiger partial charge in [-0.3, -0.25) is 0 Å². The Bertz CT molecular complexity index is 112. The Balaban J connectivity index is -0.000000270. The molecule has 0 N–H and O–H groups in total. The van der Waals surface area contributed by atoms with Crippen LogP contribution in [0, 0.1) is 14.9 Å². The summed E-state index contributed by atoms with van der Waals surface area (Å²) in [5.74, 6) is 0. The minimum absolute atomic E-state index is 0. The third-order valence-corrected chi connectivity index (χ3v) is 2.14. The van der Waals surface area contributed by atoms with E-state index in [0.29, 0.717) is 0 Å². The van der Waals surface area contributed by atoms with Crippen LogP contribution in [0.5, 0.6) is 0 Å². The topological polar surface area (TPSA) is 18.5 Å². The molecule has 0 bridgehead atoms. The Labute approximate surface area is 88.2 Å². The second-order valence-corrected chi connectivity index (χ2v) is 3.35. The first kappa shape index (κ1) is 18.3. The Morgan fingerprint density at radius 1 is 0.833 bits per heavy atom. The van der Waals surface area contributed by atoms with Gasteiger partial charge in [0.1, 0.15) is 0 Å². The van der Waals surface area contributed by atoms with E-state index in [0.717, 1.165) is 0 Å². The van der Waals surface area contributed by atoms with Gasteiger partial charge < -0.3 is 24.2 Å². The molecule has 0 aromatic carbocycles. The van der Waals surface area contributed by atoms with Gasteiger partial charge in [-0.05, 0) is 27.7 Å². The van der Waals surface area contributed by atoms with Crippen molar-refractivity contribution in [1.29, 1.82) is 0 Å².